The Hall–Kier alpha value is -1.61. The van der Waals surface area contributed by atoms with Crippen LogP contribution in [0.2, 0.25) is 0 Å². The van der Waals surface area contributed by atoms with Gasteiger partial charge in [-0.2, -0.15) is 0 Å². The van der Waals surface area contributed by atoms with Crippen LogP contribution in [0.3, 0.4) is 0 Å². The molecule has 2 rings (SSSR count). The normalized spacial score (nSPS) is 11.0. The molecule has 0 aliphatic heterocycles. The van der Waals surface area contributed by atoms with Crippen molar-refractivity contribution < 1.29 is 0 Å². The number of imidazole rings is 1. The Morgan fingerprint density at radius 2 is 2.06 bits per heavy atom. The largest absolute Gasteiger partial charge is 0.348 e. The molecule has 0 aliphatic carbocycles. The number of nitrogens with zero attached hydrogens (tertiary/aromatic N) is 1. The molecule has 0 saturated carbocycles. The fourth-order valence-electron chi connectivity index (χ4n) is 1.89. The number of H-pyrrole nitrogens is 1. The number of aromatic nitrogens is 2. The zero-order valence-corrected chi connectivity index (χ0v) is 9.70. The first-order valence-electron chi connectivity index (χ1n) is 5.55. The van der Waals surface area contributed by atoms with E-state index in [1.807, 2.05) is 18.2 Å². The topological polar surface area (TPSA) is 54.7 Å². The third-order valence-electron chi connectivity index (χ3n) is 2.74. The van der Waals surface area contributed by atoms with E-state index in [0.717, 1.165) is 16.8 Å². The lowest BCUT2D eigenvalue weighted by molar-refractivity contribution is 0.834. The summed E-state index contributed by atoms with van der Waals surface area (Å²) in [6.07, 6.45) is 1.75. The first-order chi connectivity index (χ1) is 7.74. The van der Waals surface area contributed by atoms with Crippen molar-refractivity contribution in [1.29, 1.82) is 0 Å². The molecular formula is C13H17N3. The standard InChI is InChI=1S/C13H17N3/c1-9(2)12-13(16-8-15-12)11-6-4-3-5-10(11)7-14/h3-6,8-9H,7,14H2,1-2H3,(H,15,16). The molecule has 0 fully saturated rings. The van der Waals surface area contributed by atoms with Crippen molar-refractivity contribution in [3.8, 4) is 11.3 Å². The maximum absolute atomic E-state index is 5.74. The lowest BCUT2D eigenvalue weighted by Crippen LogP contribution is -2.00. The van der Waals surface area contributed by atoms with Crippen molar-refractivity contribution >= 4 is 0 Å². The zero-order valence-electron chi connectivity index (χ0n) is 9.70. The van der Waals surface area contributed by atoms with E-state index in [-0.39, 0.29) is 0 Å². The van der Waals surface area contributed by atoms with Crippen LogP contribution in [0.25, 0.3) is 11.3 Å². The van der Waals surface area contributed by atoms with Crippen molar-refractivity contribution in [3.05, 3.63) is 41.9 Å². The van der Waals surface area contributed by atoms with Crippen LogP contribution in [-0.2, 0) is 6.54 Å². The Morgan fingerprint density at radius 3 is 2.75 bits per heavy atom. The van der Waals surface area contributed by atoms with Gasteiger partial charge in [0.25, 0.3) is 0 Å². The van der Waals surface area contributed by atoms with Crippen LogP contribution < -0.4 is 5.73 Å². The van der Waals surface area contributed by atoms with E-state index in [9.17, 15) is 0 Å². The Kier molecular flexibility index (Phi) is 3.06. The predicted molar refractivity (Wildman–Crippen MR) is 66.0 cm³/mol. The first-order valence-corrected chi connectivity index (χ1v) is 5.55. The third kappa shape index (κ3) is 1.86. The molecule has 3 heteroatoms. The van der Waals surface area contributed by atoms with E-state index < -0.39 is 0 Å². The van der Waals surface area contributed by atoms with Gasteiger partial charge in [-0.3, -0.25) is 0 Å². The smallest absolute Gasteiger partial charge is 0.0929 e. The van der Waals surface area contributed by atoms with Crippen molar-refractivity contribution in [3.63, 3.8) is 0 Å². The average molecular weight is 215 g/mol. The number of hydrogen-bond acceptors (Lipinski definition) is 2. The highest BCUT2D eigenvalue weighted by atomic mass is 14.9. The second-order valence-corrected chi connectivity index (χ2v) is 4.18. The SMILES string of the molecule is CC(C)c1[nH]cnc1-c1ccccc1CN. The summed E-state index contributed by atoms with van der Waals surface area (Å²) in [5.74, 6) is 0.434. The molecule has 0 unspecified atom stereocenters. The number of hydrogen-bond donors (Lipinski definition) is 2. The van der Waals surface area contributed by atoms with Gasteiger partial charge in [-0.1, -0.05) is 38.1 Å². The van der Waals surface area contributed by atoms with Crippen LogP contribution in [0.1, 0.15) is 31.0 Å². The van der Waals surface area contributed by atoms with Gasteiger partial charge in [0.2, 0.25) is 0 Å². The van der Waals surface area contributed by atoms with Crippen LogP contribution in [-0.4, -0.2) is 9.97 Å². The summed E-state index contributed by atoms with van der Waals surface area (Å²) in [7, 11) is 0. The molecule has 0 atom stereocenters. The summed E-state index contributed by atoms with van der Waals surface area (Å²) in [6.45, 7) is 4.85. The highest BCUT2D eigenvalue weighted by Crippen LogP contribution is 2.28. The minimum absolute atomic E-state index is 0.434. The number of rotatable bonds is 3. The van der Waals surface area contributed by atoms with Gasteiger partial charge in [0.05, 0.1) is 12.0 Å². The van der Waals surface area contributed by atoms with E-state index in [4.69, 9.17) is 5.73 Å². The van der Waals surface area contributed by atoms with E-state index in [1.54, 1.807) is 6.33 Å². The number of nitrogens with one attached hydrogen (secondary N) is 1. The molecule has 0 spiro atoms. The van der Waals surface area contributed by atoms with Gasteiger partial charge in [0.15, 0.2) is 0 Å². The molecule has 0 bridgehead atoms. The minimum atomic E-state index is 0.434. The fraction of sp³-hybridized carbons (Fsp3) is 0.308. The molecule has 1 aromatic carbocycles. The van der Waals surface area contributed by atoms with Crippen molar-refractivity contribution in [2.45, 2.75) is 26.3 Å². The zero-order chi connectivity index (χ0) is 11.5. The Balaban J connectivity index is 2.54. The second kappa shape index (κ2) is 4.49. The molecule has 0 aliphatic rings. The average Bonchev–Trinajstić information content (AvgIpc) is 2.77. The van der Waals surface area contributed by atoms with Gasteiger partial charge in [0.1, 0.15) is 0 Å². The Morgan fingerprint density at radius 1 is 1.31 bits per heavy atom. The van der Waals surface area contributed by atoms with E-state index in [1.165, 1.54) is 5.69 Å². The molecule has 3 N–H and O–H groups in total. The molecule has 3 nitrogen and oxygen atoms in total. The van der Waals surface area contributed by atoms with Crippen LogP contribution >= 0.6 is 0 Å². The fourth-order valence-corrected chi connectivity index (χ4v) is 1.89. The molecule has 0 radical (unpaired) electrons. The van der Waals surface area contributed by atoms with Crippen LogP contribution in [0, 0.1) is 0 Å². The summed E-state index contributed by atoms with van der Waals surface area (Å²) < 4.78 is 0. The van der Waals surface area contributed by atoms with Gasteiger partial charge in [-0.25, -0.2) is 4.98 Å². The number of benzene rings is 1. The Labute approximate surface area is 95.7 Å². The number of nitrogens with two attached hydrogens (primary N) is 1. The third-order valence-corrected chi connectivity index (χ3v) is 2.74. The van der Waals surface area contributed by atoms with Crippen LogP contribution in [0.5, 0.6) is 0 Å². The van der Waals surface area contributed by atoms with Crippen molar-refractivity contribution in [1.82, 2.24) is 9.97 Å². The minimum Gasteiger partial charge on any atom is -0.348 e. The lowest BCUT2D eigenvalue weighted by atomic mass is 9.99. The predicted octanol–water partition coefficient (Wildman–Crippen LogP) is 2.66. The van der Waals surface area contributed by atoms with Gasteiger partial charge < -0.3 is 10.7 Å². The molecule has 84 valence electrons. The quantitative estimate of drug-likeness (QED) is 0.827. The molecule has 2 aromatic rings. The molecule has 0 amide bonds. The molecule has 16 heavy (non-hydrogen) atoms. The second-order valence-electron chi connectivity index (χ2n) is 4.18. The first kappa shape index (κ1) is 10.9. The van der Waals surface area contributed by atoms with E-state index in [2.05, 4.69) is 29.9 Å². The summed E-state index contributed by atoms with van der Waals surface area (Å²) in [5.41, 5.74) is 10.2. The molecule has 1 aromatic heterocycles. The monoisotopic (exact) mass is 215 g/mol. The summed E-state index contributed by atoms with van der Waals surface area (Å²) in [6, 6.07) is 8.15. The molecular weight excluding hydrogens is 198 g/mol. The van der Waals surface area contributed by atoms with Gasteiger partial charge in [-0.15, -0.1) is 0 Å². The highest BCUT2D eigenvalue weighted by molar-refractivity contribution is 5.66. The van der Waals surface area contributed by atoms with E-state index in [0.29, 0.717) is 12.5 Å². The summed E-state index contributed by atoms with van der Waals surface area (Å²) in [5, 5.41) is 0. The molecule has 1 heterocycles. The van der Waals surface area contributed by atoms with E-state index >= 15 is 0 Å². The Bertz CT molecular complexity index is 472. The van der Waals surface area contributed by atoms with Crippen LogP contribution in [0.15, 0.2) is 30.6 Å². The summed E-state index contributed by atoms with van der Waals surface area (Å²) in [4.78, 5) is 7.61. The lowest BCUT2D eigenvalue weighted by Gasteiger charge is -2.09. The molecule has 0 saturated heterocycles. The number of aromatic amines is 1. The highest BCUT2D eigenvalue weighted by Gasteiger charge is 2.13. The van der Waals surface area contributed by atoms with Gasteiger partial charge in [0, 0.05) is 17.8 Å². The maximum Gasteiger partial charge on any atom is 0.0929 e. The van der Waals surface area contributed by atoms with Crippen molar-refractivity contribution in [2.75, 3.05) is 0 Å². The van der Waals surface area contributed by atoms with Gasteiger partial charge in [-0.05, 0) is 11.5 Å². The van der Waals surface area contributed by atoms with Crippen LogP contribution in [0.4, 0.5) is 0 Å². The maximum atomic E-state index is 5.74. The summed E-state index contributed by atoms with van der Waals surface area (Å²) >= 11 is 0. The van der Waals surface area contributed by atoms with Gasteiger partial charge >= 0.3 is 0 Å². The van der Waals surface area contributed by atoms with Crippen molar-refractivity contribution in [2.24, 2.45) is 5.73 Å².